The number of thioether (sulfide) groups is 1. The quantitative estimate of drug-likeness (QED) is 0.785. The predicted molar refractivity (Wildman–Crippen MR) is 111 cm³/mol. The number of nitrogens with zero attached hydrogens (tertiary/aromatic N) is 1. The minimum absolute atomic E-state index is 0.0479. The first kappa shape index (κ1) is 20.2. The topological polar surface area (TPSA) is 61.4 Å². The van der Waals surface area contributed by atoms with Crippen LogP contribution in [0.4, 0.5) is 0 Å². The summed E-state index contributed by atoms with van der Waals surface area (Å²) >= 11 is 1.85. The number of benzene rings is 1. The number of piperidine rings is 1. The number of likely N-dealkylation sites (tertiary alicyclic amines) is 1. The van der Waals surface area contributed by atoms with Crippen LogP contribution in [-0.4, -0.2) is 52.5 Å². The Morgan fingerprint density at radius 3 is 2.67 bits per heavy atom. The number of carbonyl (C=O) groups is 2. The van der Waals surface area contributed by atoms with E-state index < -0.39 is 0 Å². The van der Waals surface area contributed by atoms with Gasteiger partial charge in [0.2, 0.25) is 11.8 Å². The summed E-state index contributed by atoms with van der Waals surface area (Å²) in [6.45, 7) is 5.66. The van der Waals surface area contributed by atoms with Gasteiger partial charge < -0.3 is 10.2 Å². The average Bonchev–Trinajstić information content (AvgIpc) is 3.11. The second-order valence-electron chi connectivity index (χ2n) is 7.69. The zero-order valence-corrected chi connectivity index (χ0v) is 17.2. The van der Waals surface area contributed by atoms with Gasteiger partial charge in [-0.3, -0.25) is 14.9 Å². The highest BCUT2D eigenvalue weighted by atomic mass is 32.2. The Morgan fingerprint density at radius 2 is 2.00 bits per heavy atom. The smallest absolute Gasteiger partial charge is 0.238 e. The van der Waals surface area contributed by atoms with Crippen LogP contribution in [0.25, 0.3) is 0 Å². The summed E-state index contributed by atoms with van der Waals surface area (Å²) in [6, 6.07) is 10.3. The molecule has 2 aliphatic rings. The number of aryl methyl sites for hydroxylation is 1. The van der Waals surface area contributed by atoms with Crippen molar-refractivity contribution in [2.75, 3.05) is 18.8 Å². The summed E-state index contributed by atoms with van der Waals surface area (Å²) < 4.78 is 0. The summed E-state index contributed by atoms with van der Waals surface area (Å²) in [6.07, 6.45) is 4.12. The number of hydrogen-bond donors (Lipinski definition) is 2. The molecule has 2 fully saturated rings. The van der Waals surface area contributed by atoms with Crippen molar-refractivity contribution in [1.29, 1.82) is 0 Å². The van der Waals surface area contributed by atoms with Gasteiger partial charge in [0, 0.05) is 31.3 Å². The SMILES string of the molecule is CCC(C)NC(=O)C1CSC2(CCN(C(=O)CCc3ccccc3)CC2)N1. The zero-order valence-electron chi connectivity index (χ0n) is 16.4. The van der Waals surface area contributed by atoms with E-state index in [1.165, 1.54) is 5.56 Å². The van der Waals surface area contributed by atoms with Gasteiger partial charge in [-0.2, -0.15) is 0 Å². The van der Waals surface area contributed by atoms with Crippen molar-refractivity contribution in [3.05, 3.63) is 35.9 Å². The molecule has 148 valence electrons. The summed E-state index contributed by atoms with van der Waals surface area (Å²) in [5.41, 5.74) is 1.21. The van der Waals surface area contributed by atoms with Crippen molar-refractivity contribution in [2.45, 2.75) is 62.9 Å². The molecule has 1 spiro atoms. The molecule has 2 unspecified atom stereocenters. The zero-order chi connectivity index (χ0) is 19.3. The van der Waals surface area contributed by atoms with Crippen molar-refractivity contribution in [3.63, 3.8) is 0 Å². The monoisotopic (exact) mass is 389 g/mol. The molecule has 2 saturated heterocycles. The molecule has 0 bridgehead atoms. The molecule has 1 aromatic rings. The third-order valence-electron chi connectivity index (χ3n) is 5.68. The molecule has 27 heavy (non-hydrogen) atoms. The molecule has 0 radical (unpaired) electrons. The fourth-order valence-corrected chi connectivity index (χ4v) is 5.11. The molecule has 0 aromatic heterocycles. The minimum atomic E-state index is -0.121. The lowest BCUT2D eigenvalue weighted by Crippen LogP contribution is -2.55. The highest BCUT2D eigenvalue weighted by Crippen LogP contribution is 2.39. The van der Waals surface area contributed by atoms with Crippen molar-refractivity contribution in [1.82, 2.24) is 15.5 Å². The van der Waals surface area contributed by atoms with Crippen molar-refractivity contribution in [3.8, 4) is 0 Å². The normalized spacial score (nSPS) is 22.6. The maximum Gasteiger partial charge on any atom is 0.238 e. The number of hydrogen-bond acceptors (Lipinski definition) is 4. The van der Waals surface area contributed by atoms with Gasteiger partial charge in [0.25, 0.3) is 0 Å². The standard InChI is InChI=1S/C21H31N3O2S/c1-3-16(2)22-20(26)18-15-27-21(23-18)11-13-24(14-12-21)19(25)10-9-17-7-5-4-6-8-17/h4-8,16,18,23H,3,9-15H2,1-2H3,(H,22,26). The number of nitrogens with one attached hydrogen (secondary N) is 2. The third-order valence-corrected chi connectivity index (χ3v) is 7.25. The Balaban J connectivity index is 1.44. The Hall–Kier alpha value is -1.53. The Labute approximate surface area is 166 Å². The molecular weight excluding hydrogens is 358 g/mol. The lowest BCUT2D eigenvalue weighted by molar-refractivity contribution is -0.132. The highest BCUT2D eigenvalue weighted by Gasteiger charge is 2.44. The van der Waals surface area contributed by atoms with E-state index in [9.17, 15) is 9.59 Å². The van der Waals surface area contributed by atoms with Gasteiger partial charge in [-0.05, 0) is 38.2 Å². The number of rotatable bonds is 6. The van der Waals surface area contributed by atoms with Gasteiger partial charge in [0.1, 0.15) is 0 Å². The van der Waals surface area contributed by atoms with E-state index in [1.54, 1.807) is 0 Å². The molecule has 0 saturated carbocycles. The Bertz CT molecular complexity index is 644. The first-order valence-electron chi connectivity index (χ1n) is 10.0. The molecular formula is C21H31N3O2S. The van der Waals surface area contributed by atoms with Gasteiger partial charge in [0.15, 0.2) is 0 Å². The van der Waals surface area contributed by atoms with Gasteiger partial charge in [0.05, 0.1) is 10.9 Å². The van der Waals surface area contributed by atoms with Crippen LogP contribution in [0.2, 0.25) is 0 Å². The van der Waals surface area contributed by atoms with E-state index in [0.29, 0.717) is 6.42 Å². The summed E-state index contributed by atoms with van der Waals surface area (Å²) in [4.78, 5) is 26.9. The van der Waals surface area contributed by atoms with Gasteiger partial charge in [-0.1, -0.05) is 37.3 Å². The largest absolute Gasteiger partial charge is 0.352 e. The summed E-state index contributed by atoms with van der Waals surface area (Å²) in [7, 11) is 0. The number of amides is 2. The highest BCUT2D eigenvalue weighted by molar-refractivity contribution is 8.01. The second-order valence-corrected chi connectivity index (χ2v) is 9.09. The molecule has 5 nitrogen and oxygen atoms in total. The maximum atomic E-state index is 12.5. The number of carbonyl (C=O) groups excluding carboxylic acids is 2. The molecule has 0 aliphatic carbocycles. The van der Waals surface area contributed by atoms with Crippen molar-refractivity contribution >= 4 is 23.6 Å². The molecule has 2 amide bonds. The first-order chi connectivity index (χ1) is 13.0. The van der Waals surface area contributed by atoms with Gasteiger partial charge in [-0.15, -0.1) is 11.8 Å². The van der Waals surface area contributed by atoms with E-state index >= 15 is 0 Å². The van der Waals surface area contributed by atoms with Crippen LogP contribution in [0.5, 0.6) is 0 Å². The van der Waals surface area contributed by atoms with Crippen LogP contribution >= 0.6 is 11.8 Å². The third kappa shape index (κ3) is 5.26. The Morgan fingerprint density at radius 1 is 1.30 bits per heavy atom. The maximum absolute atomic E-state index is 12.5. The van der Waals surface area contributed by atoms with Gasteiger partial charge >= 0.3 is 0 Å². The van der Waals surface area contributed by atoms with Crippen LogP contribution < -0.4 is 10.6 Å². The van der Waals surface area contributed by atoms with Crippen LogP contribution in [-0.2, 0) is 16.0 Å². The Kier molecular flexibility index (Phi) is 6.82. The molecule has 6 heteroatoms. The van der Waals surface area contributed by atoms with Crippen LogP contribution in [0.3, 0.4) is 0 Å². The minimum Gasteiger partial charge on any atom is -0.352 e. The van der Waals surface area contributed by atoms with E-state index in [2.05, 4.69) is 29.7 Å². The van der Waals surface area contributed by atoms with E-state index in [0.717, 1.165) is 44.5 Å². The lowest BCUT2D eigenvalue weighted by Gasteiger charge is -2.39. The summed E-state index contributed by atoms with van der Waals surface area (Å²) in [5, 5.41) is 6.64. The van der Waals surface area contributed by atoms with Crippen LogP contribution in [0, 0.1) is 0 Å². The van der Waals surface area contributed by atoms with Crippen LogP contribution in [0.15, 0.2) is 30.3 Å². The van der Waals surface area contributed by atoms with Crippen molar-refractivity contribution < 1.29 is 9.59 Å². The molecule has 2 heterocycles. The van der Waals surface area contributed by atoms with Crippen molar-refractivity contribution in [2.24, 2.45) is 0 Å². The first-order valence-corrected chi connectivity index (χ1v) is 11.0. The molecule has 3 rings (SSSR count). The summed E-state index contributed by atoms with van der Waals surface area (Å²) in [5.74, 6) is 1.15. The fraction of sp³-hybridized carbons (Fsp3) is 0.619. The molecule has 2 N–H and O–H groups in total. The molecule has 2 aliphatic heterocycles. The molecule has 1 aromatic carbocycles. The van der Waals surface area contributed by atoms with E-state index in [4.69, 9.17) is 0 Å². The second kappa shape index (κ2) is 9.11. The van der Waals surface area contributed by atoms with Gasteiger partial charge in [-0.25, -0.2) is 0 Å². The fourth-order valence-electron chi connectivity index (χ4n) is 3.69. The lowest BCUT2D eigenvalue weighted by atomic mass is 10.0. The van der Waals surface area contributed by atoms with Crippen LogP contribution in [0.1, 0.15) is 45.1 Å². The molecule has 2 atom stereocenters. The van der Waals surface area contributed by atoms with E-state index in [1.807, 2.05) is 41.8 Å². The average molecular weight is 390 g/mol. The van der Waals surface area contributed by atoms with E-state index in [-0.39, 0.29) is 28.8 Å². The predicted octanol–water partition coefficient (Wildman–Crippen LogP) is 2.56.